The van der Waals surface area contributed by atoms with Crippen LogP contribution in [0, 0.1) is 5.82 Å². The maximum absolute atomic E-state index is 13.4. The van der Waals surface area contributed by atoms with Crippen LogP contribution in [0.4, 0.5) is 4.39 Å². The van der Waals surface area contributed by atoms with Crippen molar-refractivity contribution in [1.29, 1.82) is 0 Å². The minimum atomic E-state index is -0.269. The summed E-state index contributed by atoms with van der Waals surface area (Å²) < 4.78 is 14.1. The summed E-state index contributed by atoms with van der Waals surface area (Å²) in [7, 11) is 0. The van der Waals surface area contributed by atoms with Gasteiger partial charge < -0.3 is 5.73 Å². The van der Waals surface area contributed by atoms with Crippen LogP contribution in [0.1, 0.15) is 18.4 Å². The van der Waals surface area contributed by atoms with E-state index in [1.165, 1.54) is 6.07 Å². The van der Waals surface area contributed by atoms with E-state index in [1.54, 1.807) is 6.07 Å². The van der Waals surface area contributed by atoms with Crippen molar-refractivity contribution >= 4 is 27.5 Å². The maximum atomic E-state index is 13.4. The molecule has 0 atom stereocenters. The maximum Gasteiger partial charge on any atom is 0.128 e. The van der Waals surface area contributed by atoms with Gasteiger partial charge in [-0.15, -0.1) is 0 Å². The molecule has 76 valence electrons. The largest absolute Gasteiger partial charge is 0.325 e. The quantitative estimate of drug-likeness (QED) is 0.826. The Hall–Kier alpha value is -0.120. The fraction of sp³-hybridized carbons (Fsp3) is 0.400. The van der Waals surface area contributed by atoms with Gasteiger partial charge in [-0.25, -0.2) is 4.39 Å². The van der Waals surface area contributed by atoms with E-state index in [0.717, 1.165) is 17.3 Å². The van der Waals surface area contributed by atoms with Crippen molar-refractivity contribution in [1.82, 2.24) is 0 Å². The molecule has 0 spiro atoms. The predicted octanol–water partition coefficient (Wildman–Crippen LogP) is 3.28. The van der Waals surface area contributed by atoms with Crippen LogP contribution in [0.2, 0.25) is 5.02 Å². The van der Waals surface area contributed by atoms with E-state index in [4.69, 9.17) is 17.3 Å². The van der Waals surface area contributed by atoms with Crippen molar-refractivity contribution in [2.24, 2.45) is 5.73 Å². The summed E-state index contributed by atoms with van der Waals surface area (Å²) in [6, 6.07) is 3.02. The molecule has 4 heteroatoms. The van der Waals surface area contributed by atoms with Crippen molar-refractivity contribution in [2.45, 2.75) is 24.8 Å². The normalized spacial score (nSPS) is 18.3. The van der Waals surface area contributed by atoms with E-state index in [-0.39, 0.29) is 11.4 Å². The van der Waals surface area contributed by atoms with Gasteiger partial charge in [0.1, 0.15) is 5.82 Å². The van der Waals surface area contributed by atoms with Crippen LogP contribution in [0.25, 0.3) is 0 Å². The first-order chi connectivity index (χ1) is 6.52. The topological polar surface area (TPSA) is 26.0 Å². The van der Waals surface area contributed by atoms with E-state index in [2.05, 4.69) is 15.9 Å². The van der Waals surface area contributed by atoms with Crippen molar-refractivity contribution in [2.75, 3.05) is 0 Å². The molecule has 1 fully saturated rings. The van der Waals surface area contributed by atoms with Crippen molar-refractivity contribution < 1.29 is 4.39 Å². The highest BCUT2D eigenvalue weighted by Gasteiger charge is 2.39. The van der Waals surface area contributed by atoms with Crippen molar-refractivity contribution in [3.05, 3.63) is 33.0 Å². The lowest BCUT2D eigenvalue weighted by atomic mass is 10.0. The molecular formula is C10H10BrClFN. The van der Waals surface area contributed by atoms with Crippen LogP contribution in [-0.2, 0) is 6.42 Å². The number of hydrogen-bond donors (Lipinski definition) is 1. The van der Waals surface area contributed by atoms with Crippen molar-refractivity contribution in [3.8, 4) is 0 Å². The van der Waals surface area contributed by atoms with E-state index in [9.17, 15) is 4.39 Å². The molecule has 2 N–H and O–H groups in total. The lowest BCUT2D eigenvalue weighted by Gasteiger charge is -2.12. The Morgan fingerprint density at radius 1 is 1.50 bits per heavy atom. The molecule has 1 aromatic rings. The van der Waals surface area contributed by atoms with Crippen LogP contribution in [0.5, 0.6) is 0 Å². The zero-order valence-corrected chi connectivity index (χ0v) is 9.83. The highest BCUT2D eigenvalue weighted by atomic mass is 79.9. The van der Waals surface area contributed by atoms with Crippen LogP contribution >= 0.6 is 27.5 Å². The molecule has 1 aliphatic rings. The van der Waals surface area contributed by atoms with Crippen LogP contribution in [0.15, 0.2) is 16.6 Å². The second-order valence-corrected chi connectivity index (χ2v) is 5.09. The van der Waals surface area contributed by atoms with Crippen LogP contribution in [-0.4, -0.2) is 5.54 Å². The van der Waals surface area contributed by atoms with Gasteiger partial charge in [-0.2, -0.15) is 0 Å². The highest BCUT2D eigenvalue weighted by Crippen LogP contribution is 2.39. The second kappa shape index (κ2) is 3.47. The molecule has 0 bridgehead atoms. The predicted molar refractivity (Wildman–Crippen MR) is 59.0 cm³/mol. The Balaban J connectivity index is 2.35. The smallest absolute Gasteiger partial charge is 0.128 e. The summed E-state index contributed by atoms with van der Waals surface area (Å²) in [6.45, 7) is 0. The molecule has 0 amide bonds. The number of halogens is 3. The minimum absolute atomic E-state index is 0.217. The third-order valence-corrected chi connectivity index (χ3v) is 3.88. The lowest BCUT2D eigenvalue weighted by molar-refractivity contribution is 0.582. The SMILES string of the molecule is NC1(Cc2c(F)ccc(Br)c2Cl)CC1. The number of rotatable bonds is 2. The molecule has 14 heavy (non-hydrogen) atoms. The van der Waals surface area contributed by atoms with Gasteiger partial charge in [-0.1, -0.05) is 11.6 Å². The summed E-state index contributed by atoms with van der Waals surface area (Å²) in [4.78, 5) is 0. The van der Waals surface area contributed by atoms with Gasteiger partial charge in [0.15, 0.2) is 0 Å². The average molecular weight is 279 g/mol. The third kappa shape index (κ3) is 1.95. The highest BCUT2D eigenvalue weighted by molar-refractivity contribution is 9.10. The molecule has 0 unspecified atom stereocenters. The fourth-order valence-electron chi connectivity index (χ4n) is 1.42. The summed E-state index contributed by atoms with van der Waals surface area (Å²) in [5, 5.41) is 0.446. The van der Waals surface area contributed by atoms with E-state index >= 15 is 0 Å². The van der Waals surface area contributed by atoms with Gasteiger partial charge in [-0.3, -0.25) is 0 Å². The van der Waals surface area contributed by atoms with E-state index < -0.39 is 0 Å². The van der Waals surface area contributed by atoms with E-state index in [1.807, 2.05) is 0 Å². The van der Waals surface area contributed by atoms with Gasteiger partial charge in [-0.05, 0) is 47.3 Å². The zero-order valence-electron chi connectivity index (χ0n) is 7.49. The van der Waals surface area contributed by atoms with Crippen LogP contribution < -0.4 is 5.73 Å². The summed E-state index contributed by atoms with van der Waals surface area (Å²) in [5.74, 6) is -0.269. The molecule has 0 radical (unpaired) electrons. The van der Waals surface area contributed by atoms with Crippen LogP contribution in [0.3, 0.4) is 0 Å². The molecule has 1 saturated carbocycles. The molecule has 2 rings (SSSR count). The molecule has 0 aromatic heterocycles. The summed E-state index contributed by atoms with van der Waals surface area (Å²) >= 11 is 9.26. The molecule has 0 saturated heterocycles. The van der Waals surface area contributed by atoms with Gasteiger partial charge >= 0.3 is 0 Å². The minimum Gasteiger partial charge on any atom is -0.325 e. The molecule has 1 aliphatic carbocycles. The number of benzene rings is 1. The third-order valence-electron chi connectivity index (χ3n) is 2.56. The zero-order chi connectivity index (χ0) is 10.3. The fourth-order valence-corrected chi connectivity index (χ4v) is 2.01. The number of hydrogen-bond acceptors (Lipinski definition) is 1. The molecule has 0 aliphatic heterocycles. The summed E-state index contributed by atoms with van der Waals surface area (Å²) in [5.41, 5.74) is 6.24. The van der Waals surface area contributed by atoms with Gasteiger partial charge in [0.2, 0.25) is 0 Å². The Kier molecular flexibility index (Phi) is 2.58. The Morgan fingerprint density at radius 2 is 2.14 bits per heavy atom. The molecular weight excluding hydrogens is 268 g/mol. The second-order valence-electron chi connectivity index (χ2n) is 3.86. The monoisotopic (exact) mass is 277 g/mol. The van der Waals surface area contributed by atoms with E-state index in [0.29, 0.717) is 17.0 Å². The first-order valence-electron chi connectivity index (χ1n) is 4.43. The molecule has 1 aromatic carbocycles. The Labute approximate surface area is 95.6 Å². The first kappa shape index (κ1) is 10.4. The van der Waals surface area contributed by atoms with Gasteiger partial charge in [0, 0.05) is 15.6 Å². The van der Waals surface area contributed by atoms with Gasteiger partial charge in [0.05, 0.1) is 5.02 Å². The Bertz CT molecular complexity index is 377. The molecule has 0 heterocycles. The summed E-state index contributed by atoms with van der Waals surface area (Å²) in [6.07, 6.45) is 2.43. The standard InChI is InChI=1S/C10H10BrClFN/c11-7-1-2-8(13)6(9(7)12)5-10(14)3-4-10/h1-2H,3-5,14H2. The lowest BCUT2D eigenvalue weighted by Crippen LogP contribution is -2.25. The average Bonchev–Trinajstić information content (AvgIpc) is 2.86. The van der Waals surface area contributed by atoms with Crippen molar-refractivity contribution in [3.63, 3.8) is 0 Å². The van der Waals surface area contributed by atoms with Gasteiger partial charge in [0.25, 0.3) is 0 Å². The first-order valence-corrected chi connectivity index (χ1v) is 5.60. The Morgan fingerprint density at radius 3 is 2.71 bits per heavy atom. The number of nitrogens with two attached hydrogens (primary N) is 1. The molecule has 1 nitrogen and oxygen atoms in total.